The molecule has 0 aliphatic heterocycles. The first-order chi connectivity index (χ1) is 27.7. The number of pyridine rings is 1. The second kappa shape index (κ2) is 13.3. The molecule has 0 saturated heterocycles. The summed E-state index contributed by atoms with van der Waals surface area (Å²) in [6.45, 7) is 0. The van der Waals surface area contributed by atoms with E-state index in [0.717, 1.165) is 77.5 Å². The van der Waals surface area contributed by atoms with Crippen LogP contribution >= 0.6 is 11.3 Å². The van der Waals surface area contributed by atoms with Crippen LogP contribution in [0.2, 0.25) is 0 Å². The van der Waals surface area contributed by atoms with Gasteiger partial charge in [-0.15, -0.1) is 11.3 Å². The highest BCUT2D eigenvalue weighted by Crippen LogP contribution is 2.42. The Hall–Kier alpha value is -7.21. The third-order valence-electron chi connectivity index (χ3n) is 10.5. The quantitative estimate of drug-likeness (QED) is 0.171. The van der Waals surface area contributed by atoms with E-state index in [1.54, 1.807) is 11.3 Å². The number of para-hydroxylation sites is 3. The van der Waals surface area contributed by atoms with Gasteiger partial charge in [0.05, 0.1) is 21.6 Å². The van der Waals surface area contributed by atoms with Crippen molar-refractivity contribution in [1.29, 1.82) is 0 Å². The summed E-state index contributed by atoms with van der Waals surface area (Å²) >= 11 is 1.72. The summed E-state index contributed by atoms with van der Waals surface area (Å²) < 4.78 is 7.32. The predicted molar refractivity (Wildman–Crippen MR) is 233 cm³/mol. The van der Waals surface area contributed by atoms with E-state index >= 15 is 0 Å². The first kappa shape index (κ1) is 32.2. The van der Waals surface area contributed by atoms with Crippen molar-refractivity contribution >= 4 is 54.2 Å². The Morgan fingerprint density at radius 1 is 0.357 bits per heavy atom. The molecule has 11 rings (SSSR count). The molecule has 0 atom stereocenters. The van der Waals surface area contributed by atoms with Crippen molar-refractivity contribution in [3.8, 4) is 66.8 Å². The van der Waals surface area contributed by atoms with E-state index in [4.69, 9.17) is 19.4 Å². The molecule has 0 N–H and O–H groups in total. The molecule has 5 heteroatoms. The maximum absolute atomic E-state index is 6.13. The van der Waals surface area contributed by atoms with Crippen molar-refractivity contribution in [2.75, 3.05) is 0 Å². The summed E-state index contributed by atoms with van der Waals surface area (Å²) in [6, 6.07) is 66.1. The van der Waals surface area contributed by atoms with Crippen LogP contribution in [0.15, 0.2) is 192 Å². The molecule has 56 heavy (non-hydrogen) atoms. The number of hydrogen-bond donors (Lipinski definition) is 0. The van der Waals surface area contributed by atoms with Crippen LogP contribution < -0.4 is 0 Å². The lowest BCUT2D eigenvalue weighted by atomic mass is 9.90. The minimum atomic E-state index is 0.598. The van der Waals surface area contributed by atoms with Crippen molar-refractivity contribution in [2.45, 2.75) is 0 Å². The Balaban J connectivity index is 1.11. The molecular weight excluding hydrogens is 703 g/mol. The standard InChI is InChI=1S/C51H31N3OS/c1-3-11-38-29-40(27-17-32(38)9-1)42-31-43(41-28-18-33-10-2-4-12-39(33)30-41)49(35-21-25-37(26-22-35)51-53-45-14-6-8-16-47(45)56-51)54-48(42)34-19-23-36(24-20-34)50-52-44-13-5-7-15-46(44)55-50/h1-31H. The Morgan fingerprint density at radius 2 is 0.857 bits per heavy atom. The maximum Gasteiger partial charge on any atom is 0.227 e. The Morgan fingerprint density at radius 3 is 1.46 bits per heavy atom. The summed E-state index contributed by atoms with van der Waals surface area (Å²) in [7, 11) is 0. The van der Waals surface area contributed by atoms with Crippen LogP contribution in [-0.2, 0) is 0 Å². The lowest BCUT2D eigenvalue weighted by Crippen LogP contribution is -1.97. The monoisotopic (exact) mass is 733 g/mol. The Kier molecular flexibility index (Phi) is 7.64. The molecule has 0 spiro atoms. The third kappa shape index (κ3) is 5.74. The molecule has 11 aromatic rings. The fourth-order valence-electron chi connectivity index (χ4n) is 7.64. The van der Waals surface area contributed by atoms with Gasteiger partial charge in [0.2, 0.25) is 5.89 Å². The van der Waals surface area contributed by atoms with Gasteiger partial charge in [-0.1, -0.05) is 133 Å². The summed E-state index contributed by atoms with van der Waals surface area (Å²) in [5.74, 6) is 0.598. The van der Waals surface area contributed by atoms with E-state index in [-0.39, 0.29) is 0 Å². The molecule has 0 bridgehead atoms. The highest BCUT2D eigenvalue weighted by atomic mass is 32.1. The van der Waals surface area contributed by atoms with Crippen LogP contribution in [0.1, 0.15) is 0 Å². The van der Waals surface area contributed by atoms with Crippen LogP contribution in [0, 0.1) is 0 Å². The van der Waals surface area contributed by atoms with E-state index in [1.807, 2.05) is 30.3 Å². The van der Waals surface area contributed by atoms with Gasteiger partial charge < -0.3 is 4.42 Å². The fourth-order valence-corrected chi connectivity index (χ4v) is 8.61. The minimum absolute atomic E-state index is 0.598. The van der Waals surface area contributed by atoms with Crippen LogP contribution in [0.5, 0.6) is 0 Å². The van der Waals surface area contributed by atoms with Gasteiger partial charge in [0, 0.05) is 33.4 Å². The van der Waals surface area contributed by atoms with Gasteiger partial charge >= 0.3 is 0 Å². The second-order valence-corrected chi connectivity index (χ2v) is 15.1. The molecule has 0 aliphatic carbocycles. The van der Waals surface area contributed by atoms with Crippen LogP contribution in [0.4, 0.5) is 0 Å². The van der Waals surface area contributed by atoms with Crippen LogP contribution in [0.25, 0.3) is 110 Å². The number of fused-ring (bicyclic) bond motifs is 4. The number of nitrogens with zero attached hydrogens (tertiary/aromatic N) is 3. The summed E-state index contributed by atoms with van der Waals surface area (Å²) in [5.41, 5.74) is 12.8. The van der Waals surface area contributed by atoms with Gasteiger partial charge in [-0.25, -0.2) is 15.0 Å². The van der Waals surface area contributed by atoms with E-state index in [9.17, 15) is 0 Å². The minimum Gasteiger partial charge on any atom is -0.436 e. The second-order valence-electron chi connectivity index (χ2n) is 14.0. The van der Waals surface area contributed by atoms with Crippen molar-refractivity contribution in [2.24, 2.45) is 0 Å². The number of rotatable bonds is 6. The molecule has 3 heterocycles. The predicted octanol–water partition coefficient (Wildman–Crippen LogP) is 14.1. The van der Waals surface area contributed by atoms with Crippen LogP contribution in [-0.4, -0.2) is 15.0 Å². The number of benzene rings is 8. The highest BCUT2D eigenvalue weighted by Gasteiger charge is 2.20. The zero-order valence-electron chi connectivity index (χ0n) is 30.1. The van der Waals surface area contributed by atoms with E-state index in [1.165, 1.54) is 26.2 Å². The summed E-state index contributed by atoms with van der Waals surface area (Å²) in [5, 5.41) is 5.79. The van der Waals surface area contributed by atoms with Crippen LogP contribution in [0.3, 0.4) is 0 Å². The number of thiazole rings is 1. The molecule has 4 nitrogen and oxygen atoms in total. The Labute approximate surface area is 327 Å². The van der Waals surface area contributed by atoms with Gasteiger partial charge in [0.1, 0.15) is 10.5 Å². The highest BCUT2D eigenvalue weighted by molar-refractivity contribution is 7.21. The first-order valence-corrected chi connectivity index (χ1v) is 19.5. The molecule has 0 aliphatic rings. The average molecular weight is 734 g/mol. The van der Waals surface area contributed by atoms with E-state index < -0.39 is 0 Å². The smallest absolute Gasteiger partial charge is 0.227 e. The van der Waals surface area contributed by atoms with Gasteiger partial charge in [-0.2, -0.15) is 0 Å². The first-order valence-electron chi connectivity index (χ1n) is 18.7. The van der Waals surface area contributed by atoms with Crippen molar-refractivity contribution in [3.05, 3.63) is 188 Å². The zero-order valence-corrected chi connectivity index (χ0v) is 30.9. The SMILES string of the molecule is c1ccc2cc(-c3cc(-c4ccc5ccccc5c4)c(-c4ccc(-c5nc6ccccc6s5)cc4)nc3-c3ccc(-c4nc5ccccc5o4)cc3)ccc2c1. The Bertz CT molecular complexity index is 2970. The molecule has 0 radical (unpaired) electrons. The summed E-state index contributed by atoms with van der Waals surface area (Å²) in [4.78, 5) is 15.3. The topological polar surface area (TPSA) is 51.8 Å². The molecule has 0 fully saturated rings. The van der Waals surface area contributed by atoms with E-state index in [0.29, 0.717) is 5.89 Å². The van der Waals surface area contributed by atoms with Crippen molar-refractivity contribution in [1.82, 2.24) is 15.0 Å². The normalized spacial score (nSPS) is 11.6. The van der Waals surface area contributed by atoms with Gasteiger partial charge in [-0.3, -0.25) is 0 Å². The number of hydrogen-bond acceptors (Lipinski definition) is 5. The molecule has 8 aromatic carbocycles. The number of oxazole rings is 1. The van der Waals surface area contributed by atoms with Gasteiger partial charge in [-0.05, 0) is 87.3 Å². The van der Waals surface area contributed by atoms with Crippen molar-refractivity contribution in [3.63, 3.8) is 0 Å². The lowest BCUT2D eigenvalue weighted by molar-refractivity contribution is 0.620. The van der Waals surface area contributed by atoms with Gasteiger partial charge in [0.15, 0.2) is 5.58 Å². The molecule has 3 aromatic heterocycles. The zero-order chi connectivity index (χ0) is 37.0. The third-order valence-corrected chi connectivity index (χ3v) is 11.6. The van der Waals surface area contributed by atoms with Crippen molar-refractivity contribution < 1.29 is 4.42 Å². The largest absolute Gasteiger partial charge is 0.436 e. The lowest BCUT2D eigenvalue weighted by Gasteiger charge is -2.18. The van der Waals surface area contributed by atoms with E-state index in [2.05, 4.69) is 158 Å². The molecule has 262 valence electrons. The molecule has 0 unspecified atom stereocenters. The fraction of sp³-hybridized carbons (Fsp3) is 0. The molecule has 0 amide bonds. The maximum atomic E-state index is 6.13. The average Bonchev–Trinajstić information content (AvgIpc) is 3.91. The summed E-state index contributed by atoms with van der Waals surface area (Å²) in [6.07, 6.45) is 0. The number of aromatic nitrogens is 3. The molecule has 0 saturated carbocycles. The van der Waals surface area contributed by atoms with Gasteiger partial charge in [0.25, 0.3) is 0 Å². The molecular formula is C51H31N3OS.